The SMILES string of the molecule is C[C@@H](NC(=O)OC(C)(C)C)C(=O)N1CCN(S(=O)(=O)c2ccc(Cl)s2)CC1. The van der Waals surface area contributed by atoms with Crippen molar-refractivity contribution in [3.63, 3.8) is 0 Å². The van der Waals surface area contributed by atoms with Gasteiger partial charge in [-0.05, 0) is 39.8 Å². The fourth-order valence-electron chi connectivity index (χ4n) is 2.53. The van der Waals surface area contributed by atoms with Crippen molar-refractivity contribution < 1.29 is 22.7 Å². The second-order valence-corrected chi connectivity index (χ2v) is 11.0. The number of nitrogens with zero attached hydrogens (tertiary/aromatic N) is 2. The summed E-state index contributed by atoms with van der Waals surface area (Å²) in [7, 11) is -3.61. The molecule has 1 aliphatic rings. The van der Waals surface area contributed by atoms with E-state index >= 15 is 0 Å². The van der Waals surface area contributed by atoms with E-state index in [4.69, 9.17) is 16.3 Å². The monoisotopic (exact) mass is 437 g/mol. The molecular weight excluding hydrogens is 414 g/mol. The van der Waals surface area contributed by atoms with Crippen LogP contribution in [-0.4, -0.2) is 67.4 Å². The maximum Gasteiger partial charge on any atom is 0.408 e. The van der Waals surface area contributed by atoms with Crippen molar-refractivity contribution in [2.45, 2.75) is 43.5 Å². The number of halogens is 1. The molecule has 2 rings (SSSR count). The molecule has 11 heteroatoms. The van der Waals surface area contributed by atoms with E-state index in [2.05, 4.69) is 5.32 Å². The molecule has 0 radical (unpaired) electrons. The molecule has 2 amide bonds. The van der Waals surface area contributed by atoms with E-state index in [1.54, 1.807) is 33.8 Å². The van der Waals surface area contributed by atoms with Gasteiger partial charge in [-0.15, -0.1) is 11.3 Å². The van der Waals surface area contributed by atoms with E-state index < -0.39 is 27.8 Å². The molecule has 1 atom stereocenters. The molecule has 0 aliphatic carbocycles. The lowest BCUT2D eigenvalue weighted by Crippen LogP contribution is -2.55. The van der Waals surface area contributed by atoms with Crippen LogP contribution in [0.15, 0.2) is 16.3 Å². The van der Waals surface area contributed by atoms with Crippen LogP contribution < -0.4 is 5.32 Å². The van der Waals surface area contributed by atoms with Crippen LogP contribution in [0, 0.1) is 0 Å². The molecule has 0 spiro atoms. The Labute approximate surface area is 168 Å². The van der Waals surface area contributed by atoms with E-state index in [1.165, 1.54) is 15.3 Å². The average Bonchev–Trinajstić information content (AvgIpc) is 2.99. The average molecular weight is 438 g/mol. The minimum Gasteiger partial charge on any atom is -0.444 e. The van der Waals surface area contributed by atoms with Crippen molar-refractivity contribution in [3.8, 4) is 0 Å². The molecule has 0 unspecified atom stereocenters. The van der Waals surface area contributed by atoms with Crippen LogP contribution >= 0.6 is 22.9 Å². The Hall–Kier alpha value is -1.36. The molecule has 0 saturated carbocycles. The highest BCUT2D eigenvalue weighted by molar-refractivity contribution is 7.91. The van der Waals surface area contributed by atoms with Crippen molar-refractivity contribution in [1.29, 1.82) is 0 Å². The molecule has 1 N–H and O–H groups in total. The third-order valence-corrected chi connectivity index (χ3v) is 7.39. The Morgan fingerprint density at radius 2 is 1.81 bits per heavy atom. The van der Waals surface area contributed by atoms with Crippen LogP contribution in [0.1, 0.15) is 27.7 Å². The highest BCUT2D eigenvalue weighted by atomic mass is 35.5. The highest BCUT2D eigenvalue weighted by Gasteiger charge is 2.33. The summed E-state index contributed by atoms with van der Waals surface area (Å²) in [5.41, 5.74) is -0.655. The number of rotatable bonds is 4. The molecule has 0 aromatic carbocycles. The lowest BCUT2D eigenvalue weighted by Gasteiger charge is -2.35. The number of carbonyl (C=O) groups excluding carboxylic acids is 2. The number of sulfonamides is 1. The summed E-state index contributed by atoms with van der Waals surface area (Å²) in [6, 6.07) is 2.26. The second kappa shape index (κ2) is 8.34. The van der Waals surface area contributed by atoms with Crippen LogP contribution in [0.5, 0.6) is 0 Å². The number of nitrogens with one attached hydrogen (secondary N) is 1. The highest BCUT2D eigenvalue weighted by Crippen LogP contribution is 2.28. The lowest BCUT2D eigenvalue weighted by atomic mass is 10.2. The molecule has 2 heterocycles. The van der Waals surface area contributed by atoms with E-state index in [9.17, 15) is 18.0 Å². The molecule has 1 fully saturated rings. The number of alkyl carbamates (subject to hydrolysis) is 1. The summed E-state index contributed by atoms with van der Waals surface area (Å²) in [5, 5.41) is 2.51. The van der Waals surface area contributed by atoms with Gasteiger partial charge >= 0.3 is 6.09 Å². The maximum atomic E-state index is 12.6. The first-order valence-electron chi connectivity index (χ1n) is 8.44. The van der Waals surface area contributed by atoms with Gasteiger partial charge in [0.25, 0.3) is 10.0 Å². The number of ether oxygens (including phenoxy) is 1. The molecule has 1 aromatic rings. The summed E-state index contributed by atoms with van der Waals surface area (Å²) in [6.07, 6.45) is -0.667. The zero-order valence-electron chi connectivity index (χ0n) is 15.7. The van der Waals surface area contributed by atoms with Crippen LogP contribution in [-0.2, 0) is 19.6 Å². The first-order valence-corrected chi connectivity index (χ1v) is 11.1. The zero-order chi connectivity index (χ0) is 20.4. The Morgan fingerprint density at radius 1 is 1.22 bits per heavy atom. The third-order valence-electron chi connectivity index (χ3n) is 3.80. The van der Waals surface area contributed by atoms with E-state index in [0.717, 1.165) is 11.3 Å². The molecule has 1 aromatic heterocycles. The van der Waals surface area contributed by atoms with Crippen molar-refractivity contribution in [3.05, 3.63) is 16.5 Å². The second-order valence-electron chi connectivity index (χ2n) is 7.16. The van der Waals surface area contributed by atoms with E-state index in [0.29, 0.717) is 4.34 Å². The summed E-state index contributed by atoms with van der Waals surface area (Å²) in [6.45, 7) is 7.64. The predicted molar refractivity (Wildman–Crippen MR) is 103 cm³/mol. The van der Waals surface area contributed by atoms with E-state index in [1.807, 2.05) is 0 Å². The van der Waals surface area contributed by atoms with Crippen molar-refractivity contribution in [1.82, 2.24) is 14.5 Å². The van der Waals surface area contributed by atoms with Gasteiger partial charge < -0.3 is 15.0 Å². The lowest BCUT2D eigenvalue weighted by molar-refractivity contribution is -0.134. The topological polar surface area (TPSA) is 96.0 Å². The Bertz CT molecular complexity index is 795. The van der Waals surface area contributed by atoms with Gasteiger partial charge in [-0.1, -0.05) is 11.6 Å². The third kappa shape index (κ3) is 5.81. The first kappa shape index (κ1) is 21.9. The molecule has 27 heavy (non-hydrogen) atoms. The summed E-state index contributed by atoms with van der Waals surface area (Å²) < 4.78 is 32.3. The first-order chi connectivity index (χ1) is 12.4. The molecule has 152 valence electrons. The standard InChI is InChI=1S/C16H24ClN3O5S2/c1-11(18-15(22)25-16(2,3)4)14(21)19-7-9-20(10-8-19)27(23,24)13-6-5-12(17)26-13/h5-6,11H,7-10H2,1-4H3,(H,18,22)/t11-/m1/s1. The number of hydrogen-bond donors (Lipinski definition) is 1. The van der Waals surface area contributed by atoms with Crippen LogP contribution in [0.4, 0.5) is 4.79 Å². The largest absolute Gasteiger partial charge is 0.444 e. The summed E-state index contributed by atoms with van der Waals surface area (Å²) >= 11 is 6.83. The van der Waals surface area contributed by atoms with E-state index in [-0.39, 0.29) is 36.3 Å². The molecular formula is C16H24ClN3O5S2. The van der Waals surface area contributed by atoms with Gasteiger partial charge in [0.05, 0.1) is 4.34 Å². The quantitative estimate of drug-likeness (QED) is 0.778. The van der Waals surface area contributed by atoms with Gasteiger partial charge in [0.15, 0.2) is 0 Å². The summed E-state index contributed by atoms with van der Waals surface area (Å²) in [5.74, 6) is -0.280. The molecule has 1 aliphatic heterocycles. The van der Waals surface area contributed by atoms with Crippen LogP contribution in [0.3, 0.4) is 0 Å². The minimum atomic E-state index is -3.61. The van der Waals surface area contributed by atoms with Crippen molar-refractivity contribution >= 4 is 45.0 Å². The Kier molecular flexibility index (Phi) is 6.77. The van der Waals surface area contributed by atoms with Gasteiger partial charge in [-0.25, -0.2) is 13.2 Å². The number of piperazine rings is 1. The fraction of sp³-hybridized carbons (Fsp3) is 0.625. The van der Waals surface area contributed by atoms with Crippen molar-refractivity contribution in [2.24, 2.45) is 0 Å². The number of thiophene rings is 1. The molecule has 8 nitrogen and oxygen atoms in total. The molecule has 1 saturated heterocycles. The van der Waals surface area contributed by atoms with Crippen LogP contribution in [0.25, 0.3) is 0 Å². The minimum absolute atomic E-state index is 0.183. The van der Waals surface area contributed by atoms with Crippen molar-refractivity contribution in [2.75, 3.05) is 26.2 Å². The van der Waals surface area contributed by atoms with Crippen LogP contribution in [0.2, 0.25) is 4.34 Å². The van der Waals surface area contributed by atoms with Gasteiger partial charge in [-0.2, -0.15) is 4.31 Å². The Balaban J connectivity index is 1.91. The summed E-state index contributed by atoms with van der Waals surface area (Å²) in [4.78, 5) is 25.8. The Morgan fingerprint density at radius 3 is 2.30 bits per heavy atom. The maximum absolute atomic E-state index is 12.6. The number of amides is 2. The smallest absolute Gasteiger partial charge is 0.408 e. The van der Waals surface area contributed by atoms with Gasteiger partial charge in [0, 0.05) is 26.2 Å². The fourth-order valence-corrected chi connectivity index (χ4v) is 5.59. The number of hydrogen-bond acceptors (Lipinski definition) is 6. The zero-order valence-corrected chi connectivity index (χ0v) is 18.1. The number of carbonyl (C=O) groups is 2. The van der Waals surface area contributed by atoms with Gasteiger partial charge in [0.1, 0.15) is 15.9 Å². The predicted octanol–water partition coefficient (Wildman–Crippen LogP) is 2.15. The van der Waals surface area contributed by atoms with Gasteiger partial charge in [0.2, 0.25) is 5.91 Å². The molecule has 0 bridgehead atoms. The normalized spacial score (nSPS) is 17.4. The van der Waals surface area contributed by atoms with Gasteiger partial charge in [-0.3, -0.25) is 4.79 Å².